The third-order valence-electron chi connectivity index (χ3n) is 4.90. The lowest BCUT2D eigenvalue weighted by molar-refractivity contribution is 0.0474. The molecule has 2 aliphatic rings. The van der Waals surface area contributed by atoms with Crippen LogP contribution in [0.25, 0.3) is 0 Å². The van der Waals surface area contributed by atoms with Gasteiger partial charge in [-0.1, -0.05) is 0 Å². The second-order valence-corrected chi connectivity index (χ2v) is 8.84. The van der Waals surface area contributed by atoms with Crippen molar-refractivity contribution in [1.82, 2.24) is 4.31 Å². The SMILES string of the molecule is O=C(COC(=O)c1ccc(S(=O)(=O)N2CCOCC2)cc1)c1ccc2c(c1)OCCO2. The third-order valence-corrected chi connectivity index (χ3v) is 6.81. The molecule has 2 heterocycles. The molecule has 2 aromatic rings. The summed E-state index contributed by atoms with van der Waals surface area (Å²) in [7, 11) is -3.65. The molecule has 0 N–H and O–H groups in total. The van der Waals surface area contributed by atoms with Gasteiger partial charge in [0.15, 0.2) is 23.9 Å². The van der Waals surface area contributed by atoms with Crippen molar-refractivity contribution in [3.05, 3.63) is 53.6 Å². The smallest absolute Gasteiger partial charge is 0.338 e. The number of carbonyl (C=O) groups is 2. The molecule has 164 valence electrons. The van der Waals surface area contributed by atoms with Gasteiger partial charge in [-0.2, -0.15) is 4.31 Å². The molecule has 9 nitrogen and oxygen atoms in total. The summed E-state index contributed by atoms with van der Waals surface area (Å²) in [6.07, 6.45) is 0. The number of benzene rings is 2. The number of rotatable bonds is 6. The first-order chi connectivity index (χ1) is 14.9. The van der Waals surface area contributed by atoms with Gasteiger partial charge in [-0.15, -0.1) is 0 Å². The summed E-state index contributed by atoms with van der Waals surface area (Å²) in [5.41, 5.74) is 0.486. The molecule has 0 radical (unpaired) electrons. The summed E-state index contributed by atoms with van der Waals surface area (Å²) in [5, 5.41) is 0. The van der Waals surface area contributed by atoms with Gasteiger partial charge in [-0.25, -0.2) is 13.2 Å². The summed E-state index contributed by atoms with van der Waals surface area (Å²) in [5.74, 6) is -0.0783. The first kappa shape index (κ1) is 21.3. The van der Waals surface area contributed by atoms with Crippen molar-refractivity contribution in [2.24, 2.45) is 0 Å². The number of hydrogen-bond acceptors (Lipinski definition) is 8. The first-order valence-corrected chi connectivity index (χ1v) is 11.2. The minimum atomic E-state index is -3.65. The van der Waals surface area contributed by atoms with Crippen molar-refractivity contribution in [3.8, 4) is 11.5 Å². The van der Waals surface area contributed by atoms with Crippen molar-refractivity contribution in [3.63, 3.8) is 0 Å². The van der Waals surface area contributed by atoms with Crippen molar-refractivity contribution >= 4 is 21.8 Å². The molecule has 2 aromatic carbocycles. The van der Waals surface area contributed by atoms with E-state index in [2.05, 4.69) is 0 Å². The van der Waals surface area contributed by atoms with E-state index >= 15 is 0 Å². The quantitative estimate of drug-likeness (QED) is 0.484. The van der Waals surface area contributed by atoms with E-state index in [4.69, 9.17) is 18.9 Å². The molecule has 0 atom stereocenters. The Labute approximate surface area is 179 Å². The Morgan fingerprint density at radius 1 is 0.871 bits per heavy atom. The molecular formula is C21H21NO8S. The fourth-order valence-corrected chi connectivity index (χ4v) is 4.62. The highest BCUT2D eigenvalue weighted by atomic mass is 32.2. The molecule has 0 saturated carbocycles. The number of hydrogen-bond donors (Lipinski definition) is 0. The van der Waals surface area contributed by atoms with Gasteiger partial charge in [0, 0.05) is 18.7 Å². The zero-order chi connectivity index (χ0) is 21.8. The number of sulfonamides is 1. The highest BCUT2D eigenvalue weighted by molar-refractivity contribution is 7.89. The van der Waals surface area contributed by atoms with Crippen molar-refractivity contribution in [2.75, 3.05) is 46.1 Å². The van der Waals surface area contributed by atoms with Crippen LogP contribution in [0.1, 0.15) is 20.7 Å². The maximum atomic E-state index is 12.6. The number of nitrogens with zero attached hydrogens (tertiary/aromatic N) is 1. The van der Waals surface area contributed by atoms with E-state index in [1.165, 1.54) is 28.6 Å². The van der Waals surface area contributed by atoms with E-state index in [-0.39, 0.29) is 23.5 Å². The second-order valence-electron chi connectivity index (χ2n) is 6.90. The van der Waals surface area contributed by atoms with Crippen LogP contribution in [0.4, 0.5) is 0 Å². The molecule has 0 bridgehead atoms. The van der Waals surface area contributed by atoms with Crippen LogP contribution in [0.2, 0.25) is 0 Å². The van der Waals surface area contributed by atoms with Crippen LogP contribution < -0.4 is 9.47 Å². The summed E-state index contributed by atoms with van der Waals surface area (Å²) in [6, 6.07) is 10.2. The Bertz CT molecular complexity index is 1080. The molecule has 4 rings (SSSR count). The average Bonchev–Trinajstić information content (AvgIpc) is 2.82. The van der Waals surface area contributed by atoms with E-state index < -0.39 is 28.4 Å². The zero-order valence-corrected chi connectivity index (χ0v) is 17.4. The number of Topliss-reactive ketones (excluding diaryl/α,β-unsaturated/α-hetero) is 1. The number of fused-ring (bicyclic) bond motifs is 1. The molecule has 0 amide bonds. The van der Waals surface area contributed by atoms with Gasteiger partial charge in [0.1, 0.15) is 13.2 Å². The van der Waals surface area contributed by atoms with Crippen LogP contribution in [0, 0.1) is 0 Å². The maximum Gasteiger partial charge on any atom is 0.338 e. The lowest BCUT2D eigenvalue weighted by Crippen LogP contribution is -2.40. The molecule has 2 aliphatic heterocycles. The van der Waals surface area contributed by atoms with Crippen LogP contribution in [-0.4, -0.2) is 70.6 Å². The molecule has 1 saturated heterocycles. The minimum Gasteiger partial charge on any atom is -0.486 e. The Morgan fingerprint density at radius 2 is 1.52 bits per heavy atom. The van der Waals surface area contributed by atoms with Gasteiger partial charge in [0.2, 0.25) is 10.0 Å². The Morgan fingerprint density at radius 3 is 2.23 bits per heavy atom. The Hall–Kier alpha value is -2.95. The average molecular weight is 447 g/mol. The molecule has 0 aromatic heterocycles. The number of ether oxygens (including phenoxy) is 4. The highest BCUT2D eigenvalue weighted by Crippen LogP contribution is 2.30. The summed E-state index contributed by atoms with van der Waals surface area (Å²) < 4.78 is 47.7. The van der Waals surface area contributed by atoms with Crippen molar-refractivity contribution in [2.45, 2.75) is 4.90 Å². The van der Waals surface area contributed by atoms with E-state index in [0.717, 1.165) is 0 Å². The number of carbonyl (C=O) groups excluding carboxylic acids is 2. The maximum absolute atomic E-state index is 12.6. The lowest BCUT2D eigenvalue weighted by atomic mass is 10.1. The van der Waals surface area contributed by atoms with Gasteiger partial charge < -0.3 is 18.9 Å². The minimum absolute atomic E-state index is 0.0818. The Kier molecular flexibility index (Phi) is 6.21. The van der Waals surface area contributed by atoms with Crippen LogP contribution in [0.3, 0.4) is 0 Å². The van der Waals surface area contributed by atoms with E-state index in [9.17, 15) is 18.0 Å². The van der Waals surface area contributed by atoms with Crippen LogP contribution in [-0.2, 0) is 19.5 Å². The summed E-state index contributed by atoms with van der Waals surface area (Å²) >= 11 is 0. The molecule has 0 aliphatic carbocycles. The van der Waals surface area contributed by atoms with Crippen molar-refractivity contribution in [1.29, 1.82) is 0 Å². The topological polar surface area (TPSA) is 108 Å². The van der Waals surface area contributed by atoms with E-state index in [0.29, 0.717) is 43.5 Å². The fraction of sp³-hybridized carbons (Fsp3) is 0.333. The number of morpholine rings is 1. The van der Waals surface area contributed by atoms with Gasteiger partial charge in [-0.3, -0.25) is 4.79 Å². The van der Waals surface area contributed by atoms with Crippen LogP contribution in [0.15, 0.2) is 47.4 Å². The molecule has 1 fully saturated rings. The monoisotopic (exact) mass is 447 g/mol. The van der Waals surface area contributed by atoms with Crippen LogP contribution in [0.5, 0.6) is 11.5 Å². The predicted octanol–water partition coefficient (Wildman–Crippen LogP) is 1.52. The highest BCUT2D eigenvalue weighted by Gasteiger charge is 2.26. The van der Waals surface area contributed by atoms with Gasteiger partial charge in [0.25, 0.3) is 0 Å². The predicted molar refractivity (Wildman–Crippen MR) is 108 cm³/mol. The van der Waals surface area contributed by atoms with Gasteiger partial charge in [-0.05, 0) is 42.5 Å². The zero-order valence-electron chi connectivity index (χ0n) is 16.6. The first-order valence-electron chi connectivity index (χ1n) is 9.73. The molecule has 10 heteroatoms. The van der Waals surface area contributed by atoms with Crippen LogP contribution >= 0.6 is 0 Å². The summed E-state index contributed by atoms with van der Waals surface area (Å²) in [6.45, 7) is 1.66. The largest absolute Gasteiger partial charge is 0.486 e. The summed E-state index contributed by atoms with van der Waals surface area (Å²) in [4.78, 5) is 24.7. The molecule has 31 heavy (non-hydrogen) atoms. The van der Waals surface area contributed by atoms with E-state index in [1.807, 2.05) is 0 Å². The normalized spacial score (nSPS) is 16.5. The second kappa shape index (κ2) is 9.04. The fourth-order valence-electron chi connectivity index (χ4n) is 3.21. The Balaban J connectivity index is 1.37. The lowest BCUT2D eigenvalue weighted by Gasteiger charge is -2.26. The molecule has 0 unspecified atom stereocenters. The number of esters is 1. The van der Waals surface area contributed by atoms with E-state index in [1.54, 1.807) is 18.2 Å². The van der Waals surface area contributed by atoms with Gasteiger partial charge in [0.05, 0.1) is 23.7 Å². The molecular weight excluding hydrogens is 426 g/mol. The number of ketones is 1. The standard InChI is InChI=1S/C21H21NO8S/c23-18(16-3-6-19-20(13-16)29-12-11-28-19)14-30-21(24)15-1-4-17(5-2-15)31(25,26)22-7-9-27-10-8-22/h1-6,13H,7-12,14H2. The van der Waals surface area contributed by atoms with Crippen molar-refractivity contribution < 1.29 is 37.0 Å². The van der Waals surface area contributed by atoms with Gasteiger partial charge >= 0.3 is 5.97 Å². The molecule has 0 spiro atoms. The third kappa shape index (κ3) is 4.71.